The smallest absolute Gasteiger partial charge is 0.141 e. The number of hydrogen-bond donors (Lipinski definition) is 0. The van der Waals surface area contributed by atoms with Crippen LogP contribution in [-0.2, 0) is 4.74 Å². The van der Waals surface area contributed by atoms with Crippen LogP contribution in [0.4, 0.5) is 0 Å². The summed E-state index contributed by atoms with van der Waals surface area (Å²) < 4.78 is 10.0. The first-order valence-electron chi connectivity index (χ1n) is 3.32. The molecule has 0 amide bonds. The van der Waals surface area contributed by atoms with Crippen molar-refractivity contribution < 1.29 is 9.47 Å². The molecule has 0 unspecified atom stereocenters. The van der Waals surface area contributed by atoms with Crippen molar-refractivity contribution in [1.29, 1.82) is 0 Å². The SMILES string of the molecule is COCCOc1ccnnc1. The van der Waals surface area contributed by atoms with Crippen molar-refractivity contribution in [3.8, 4) is 5.75 Å². The summed E-state index contributed by atoms with van der Waals surface area (Å²) in [5.41, 5.74) is 0. The van der Waals surface area contributed by atoms with Crippen molar-refractivity contribution in [2.75, 3.05) is 20.3 Å². The van der Waals surface area contributed by atoms with Crippen molar-refractivity contribution >= 4 is 0 Å². The molecule has 4 nitrogen and oxygen atoms in total. The Morgan fingerprint density at radius 3 is 2.91 bits per heavy atom. The third kappa shape index (κ3) is 2.95. The molecule has 0 fully saturated rings. The molecule has 60 valence electrons. The molecule has 0 bridgehead atoms. The Morgan fingerprint density at radius 1 is 1.36 bits per heavy atom. The zero-order valence-corrected chi connectivity index (χ0v) is 6.36. The van der Waals surface area contributed by atoms with Gasteiger partial charge in [-0.15, -0.1) is 0 Å². The van der Waals surface area contributed by atoms with Crippen LogP contribution in [0.2, 0.25) is 0 Å². The van der Waals surface area contributed by atoms with Crippen molar-refractivity contribution in [2.24, 2.45) is 0 Å². The van der Waals surface area contributed by atoms with E-state index in [1.165, 1.54) is 0 Å². The summed E-state index contributed by atoms with van der Waals surface area (Å²) in [5.74, 6) is 0.719. The number of nitrogens with zero attached hydrogens (tertiary/aromatic N) is 2. The Kier molecular flexibility index (Phi) is 3.34. The maximum atomic E-state index is 5.22. The van der Waals surface area contributed by atoms with Gasteiger partial charge in [0.25, 0.3) is 0 Å². The van der Waals surface area contributed by atoms with E-state index in [0.717, 1.165) is 5.75 Å². The fourth-order valence-corrected chi connectivity index (χ4v) is 0.607. The topological polar surface area (TPSA) is 44.2 Å². The normalized spacial score (nSPS) is 9.55. The van der Waals surface area contributed by atoms with Crippen molar-refractivity contribution in [3.05, 3.63) is 18.5 Å². The molecule has 11 heavy (non-hydrogen) atoms. The van der Waals surface area contributed by atoms with Crippen LogP contribution in [0.5, 0.6) is 5.75 Å². The summed E-state index contributed by atoms with van der Waals surface area (Å²) in [4.78, 5) is 0. The van der Waals surface area contributed by atoms with Crippen LogP contribution in [0.15, 0.2) is 18.5 Å². The zero-order chi connectivity index (χ0) is 7.94. The summed E-state index contributed by atoms with van der Waals surface area (Å²) in [6, 6.07) is 1.75. The molecule has 0 saturated heterocycles. The summed E-state index contributed by atoms with van der Waals surface area (Å²) in [7, 11) is 1.63. The third-order valence-corrected chi connectivity index (χ3v) is 1.11. The van der Waals surface area contributed by atoms with Gasteiger partial charge in [-0.25, -0.2) is 0 Å². The van der Waals surface area contributed by atoms with Crippen LogP contribution >= 0.6 is 0 Å². The van der Waals surface area contributed by atoms with Crippen LogP contribution in [0, 0.1) is 0 Å². The van der Waals surface area contributed by atoms with E-state index in [-0.39, 0.29) is 0 Å². The molecule has 0 aliphatic carbocycles. The predicted molar refractivity (Wildman–Crippen MR) is 39.4 cm³/mol. The summed E-state index contributed by atoms with van der Waals surface area (Å²) in [6.45, 7) is 1.13. The fourth-order valence-electron chi connectivity index (χ4n) is 0.607. The number of ether oxygens (including phenoxy) is 2. The van der Waals surface area contributed by atoms with Crippen LogP contribution in [-0.4, -0.2) is 30.5 Å². The first kappa shape index (κ1) is 7.94. The summed E-state index contributed by atoms with van der Waals surface area (Å²) in [6.07, 6.45) is 3.15. The van der Waals surface area contributed by atoms with Gasteiger partial charge in [-0.1, -0.05) is 0 Å². The van der Waals surface area contributed by atoms with Gasteiger partial charge < -0.3 is 9.47 Å². The third-order valence-electron chi connectivity index (χ3n) is 1.11. The molecule has 1 heterocycles. The molecule has 1 rings (SSSR count). The Balaban J connectivity index is 2.28. The average molecular weight is 154 g/mol. The highest BCUT2D eigenvalue weighted by Gasteiger charge is 1.90. The highest BCUT2D eigenvalue weighted by Crippen LogP contribution is 2.03. The second-order valence-corrected chi connectivity index (χ2v) is 1.92. The second kappa shape index (κ2) is 4.62. The van der Waals surface area contributed by atoms with Gasteiger partial charge in [-0.05, 0) is 0 Å². The lowest BCUT2D eigenvalue weighted by atomic mass is 10.5. The van der Waals surface area contributed by atoms with Crippen molar-refractivity contribution in [3.63, 3.8) is 0 Å². The van der Waals surface area contributed by atoms with E-state index in [1.54, 1.807) is 25.6 Å². The molecule has 0 aliphatic heterocycles. The Morgan fingerprint density at radius 2 is 2.27 bits per heavy atom. The lowest BCUT2D eigenvalue weighted by molar-refractivity contribution is 0.146. The van der Waals surface area contributed by atoms with Crippen molar-refractivity contribution in [1.82, 2.24) is 10.2 Å². The van der Waals surface area contributed by atoms with E-state index in [4.69, 9.17) is 9.47 Å². The van der Waals surface area contributed by atoms with Gasteiger partial charge in [0.1, 0.15) is 12.4 Å². The molecule has 4 heteroatoms. The molecule has 0 spiro atoms. The van der Waals surface area contributed by atoms with Gasteiger partial charge in [0.15, 0.2) is 0 Å². The van der Waals surface area contributed by atoms with Gasteiger partial charge in [0.2, 0.25) is 0 Å². The van der Waals surface area contributed by atoms with E-state index >= 15 is 0 Å². The molecule has 1 aromatic heterocycles. The first-order valence-corrected chi connectivity index (χ1v) is 3.32. The molecule has 0 aromatic carbocycles. The molecule has 0 radical (unpaired) electrons. The molecule has 0 aliphatic rings. The maximum absolute atomic E-state index is 5.22. The minimum Gasteiger partial charge on any atom is -0.489 e. The second-order valence-electron chi connectivity index (χ2n) is 1.92. The molecule has 1 aromatic rings. The Bertz CT molecular complexity index is 191. The number of rotatable bonds is 4. The quantitative estimate of drug-likeness (QED) is 0.592. The lowest BCUT2D eigenvalue weighted by Crippen LogP contribution is -2.04. The molecule has 0 N–H and O–H groups in total. The van der Waals surface area contributed by atoms with E-state index in [2.05, 4.69) is 10.2 Å². The van der Waals surface area contributed by atoms with Crippen LogP contribution < -0.4 is 4.74 Å². The van der Waals surface area contributed by atoms with Gasteiger partial charge in [0.05, 0.1) is 19.0 Å². The van der Waals surface area contributed by atoms with Crippen molar-refractivity contribution in [2.45, 2.75) is 0 Å². The standard InChI is InChI=1S/C7H10N2O2/c1-10-4-5-11-7-2-3-8-9-6-7/h2-3,6H,4-5H2,1H3. The van der Waals surface area contributed by atoms with Crippen LogP contribution in [0.25, 0.3) is 0 Å². The number of aromatic nitrogens is 2. The summed E-state index contributed by atoms with van der Waals surface area (Å²) >= 11 is 0. The molecular formula is C7H10N2O2. The average Bonchev–Trinajstić information content (AvgIpc) is 2.07. The zero-order valence-electron chi connectivity index (χ0n) is 6.36. The fraction of sp³-hybridized carbons (Fsp3) is 0.429. The molecule has 0 saturated carbocycles. The van der Waals surface area contributed by atoms with Gasteiger partial charge in [-0.3, -0.25) is 0 Å². The van der Waals surface area contributed by atoms with E-state index in [0.29, 0.717) is 13.2 Å². The lowest BCUT2D eigenvalue weighted by Gasteiger charge is -2.02. The predicted octanol–water partition coefficient (Wildman–Crippen LogP) is 0.502. The molecule has 0 atom stereocenters. The largest absolute Gasteiger partial charge is 0.489 e. The highest BCUT2D eigenvalue weighted by molar-refractivity contribution is 5.12. The van der Waals surface area contributed by atoms with E-state index in [1.807, 2.05) is 0 Å². The minimum absolute atomic E-state index is 0.544. The number of methoxy groups -OCH3 is 1. The molecular weight excluding hydrogens is 144 g/mol. The Labute approximate surface area is 65.2 Å². The van der Waals surface area contributed by atoms with E-state index in [9.17, 15) is 0 Å². The monoisotopic (exact) mass is 154 g/mol. The van der Waals surface area contributed by atoms with E-state index < -0.39 is 0 Å². The van der Waals surface area contributed by atoms with Crippen LogP contribution in [0.3, 0.4) is 0 Å². The summed E-state index contributed by atoms with van der Waals surface area (Å²) in [5, 5.41) is 7.26. The number of hydrogen-bond acceptors (Lipinski definition) is 4. The Hall–Kier alpha value is -1.16. The van der Waals surface area contributed by atoms with Gasteiger partial charge >= 0.3 is 0 Å². The minimum atomic E-state index is 0.544. The first-order chi connectivity index (χ1) is 5.43. The maximum Gasteiger partial charge on any atom is 0.141 e. The highest BCUT2D eigenvalue weighted by atomic mass is 16.5. The van der Waals surface area contributed by atoms with Gasteiger partial charge in [-0.2, -0.15) is 10.2 Å². The van der Waals surface area contributed by atoms with Crippen LogP contribution in [0.1, 0.15) is 0 Å². The van der Waals surface area contributed by atoms with Gasteiger partial charge in [0, 0.05) is 13.2 Å².